The van der Waals surface area contributed by atoms with E-state index in [1.807, 2.05) is 6.92 Å². The fraction of sp³-hybridized carbons (Fsp3) is 0.400. The van der Waals surface area contributed by atoms with Crippen LogP contribution in [0.15, 0.2) is 17.0 Å². The average molecular weight is 148 g/mol. The van der Waals surface area contributed by atoms with Crippen molar-refractivity contribution in [3.05, 3.63) is 18.4 Å². The van der Waals surface area contributed by atoms with Gasteiger partial charge in [-0.05, 0) is 0 Å². The molecule has 0 aliphatic heterocycles. The van der Waals surface area contributed by atoms with E-state index in [-0.39, 0.29) is 18.6 Å². The summed E-state index contributed by atoms with van der Waals surface area (Å²) < 4.78 is 4.87. The van der Waals surface area contributed by atoms with E-state index < -0.39 is 0 Å². The van der Waals surface area contributed by atoms with Crippen molar-refractivity contribution in [2.24, 2.45) is 0 Å². The van der Waals surface area contributed by atoms with Gasteiger partial charge in [0.1, 0.15) is 5.76 Å². The molecule has 0 aliphatic rings. The van der Waals surface area contributed by atoms with Crippen LogP contribution in [0.2, 0.25) is 0 Å². The monoisotopic (exact) mass is 148 g/mol. The fourth-order valence-corrected chi connectivity index (χ4v) is 0.417. The van der Waals surface area contributed by atoms with Gasteiger partial charge < -0.3 is 4.42 Å². The third-order valence-electron chi connectivity index (χ3n) is 0.832. The smallest absolute Gasteiger partial charge is 0.180 e. The normalized spacial score (nSPS) is 8.12. The third kappa shape index (κ3) is 1.72. The average Bonchev–Trinajstić information content (AvgIpc) is 2.14. The third-order valence-corrected chi connectivity index (χ3v) is 0.832. The molecule has 0 unspecified atom stereocenters. The van der Waals surface area contributed by atoms with Crippen LogP contribution < -0.4 is 0 Å². The number of nitrogens with zero attached hydrogens (tertiary/aromatic N) is 1. The Labute approximate surface area is 60.2 Å². The van der Waals surface area contributed by atoms with Gasteiger partial charge in [0, 0.05) is 25.0 Å². The molecule has 1 aromatic rings. The molecule has 0 fully saturated rings. The quantitative estimate of drug-likeness (QED) is 0.598. The maximum absolute atomic E-state index is 4.87. The Morgan fingerprint density at radius 3 is 2.75 bits per heavy atom. The van der Waals surface area contributed by atoms with Gasteiger partial charge in [0.2, 0.25) is 0 Å². The minimum absolute atomic E-state index is 0. The first-order chi connectivity index (χ1) is 3.43. The molecule has 0 bridgehead atoms. The Balaban J connectivity index is 0.000000490. The first kappa shape index (κ1) is 7.79. The summed E-state index contributed by atoms with van der Waals surface area (Å²) in [5.74, 6) is 0.944. The maximum Gasteiger partial charge on any atom is 0.180 e. The molecule has 1 aromatic heterocycles. The van der Waals surface area contributed by atoms with Crippen LogP contribution in [0.25, 0.3) is 0 Å². The number of hydrogen-bond acceptors (Lipinski definition) is 2. The Bertz CT molecular complexity index is 127. The van der Waals surface area contributed by atoms with E-state index in [0.717, 1.165) is 12.2 Å². The number of aromatic nitrogens is 1. The van der Waals surface area contributed by atoms with Crippen LogP contribution in [0.4, 0.5) is 0 Å². The van der Waals surface area contributed by atoms with Crippen molar-refractivity contribution in [2.75, 3.05) is 0 Å². The first-order valence-electron chi connectivity index (χ1n) is 2.31. The van der Waals surface area contributed by atoms with Crippen molar-refractivity contribution < 1.29 is 23.0 Å². The maximum atomic E-state index is 4.87. The standard InChI is InChI=1S/C5H7NO.V/c1-2-5-3-6-4-7-5;/h3-4H,2H2,1H3;. The van der Waals surface area contributed by atoms with Crippen LogP contribution in [0.3, 0.4) is 0 Å². The van der Waals surface area contributed by atoms with Gasteiger partial charge in [0.05, 0.1) is 6.20 Å². The van der Waals surface area contributed by atoms with E-state index in [0.29, 0.717) is 0 Å². The summed E-state index contributed by atoms with van der Waals surface area (Å²) in [6, 6.07) is 0. The molecule has 0 N–H and O–H groups in total. The second-order valence-electron chi connectivity index (χ2n) is 1.32. The SMILES string of the molecule is CCc1cnco1.[V]. The second kappa shape index (κ2) is 3.75. The zero-order valence-electron chi connectivity index (χ0n) is 4.66. The van der Waals surface area contributed by atoms with E-state index in [9.17, 15) is 0 Å². The Kier molecular flexibility index (Phi) is 3.66. The van der Waals surface area contributed by atoms with E-state index in [2.05, 4.69) is 4.98 Å². The molecule has 3 heteroatoms. The summed E-state index contributed by atoms with van der Waals surface area (Å²) in [6.07, 6.45) is 4.10. The molecular weight excluding hydrogens is 141 g/mol. The molecule has 0 aromatic carbocycles. The Morgan fingerprint density at radius 1 is 1.75 bits per heavy atom. The summed E-state index contributed by atoms with van der Waals surface area (Å²) in [5, 5.41) is 0. The molecule has 0 saturated heterocycles. The molecule has 2 nitrogen and oxygen atoms in total. The molecule has 1 heterocycles. The van der Waals surface area contributed by atoms with Crippen LogP contribution in [-0.2, 0) is 25.0 Å². The van der Waals surface area contributed by atoms with Gasteiger partial charge >= 0.3 is 0 Å². The molecule has 8 heavy (non-hydrogen) atoms. The van der Waals surface area contributed by atoms with Crippen molar-refractivity contribution in [1.82, 2.24) is 4.98 Å². The van der Waals surface area contributed by atoms with Crippen LogP contribution in [0.1, 0.15) is 12.7 Å². The van der Waals surface area contributed by atoms with Crippen molar-refractivity contribution in [2.45, 2.75) is 13.3 Å². The van der Waals surface area contributed by atoms with Crippen LogP contribution in [-0.4, -0.2) is 4.98 Å². The van der Waals surface area contributed by atoms with Crippen LogP contribution in [0.5, 0.6) is 0 Å². The first-order valence-corrected chi connectivity index (χ1v) is 2.31. The van der Waals surface area contributed by atoms with Gasteiger partial charge in [-0.1, -0.05) is 6.92 Å². The predicted octanol–water partition coefficient (Wildman–Crippen LogP) is 1.23. The summed E-state index contributed by atoms with van der Waals surface area (Å²) in [7, 11) is 0. The topological polar surface area (TPSA) is 26.0 Å². The summed E-state index contributed by atoms with van der Waals surface area (Å²) in [5.41, 5.74) is 0. The molecular formula is C5H7NOV. The summed E-state index contributed by atoms with van der Waals surface area (Å²) in [4.78, 5) is 3.73. The van der Waals surface area contributed by atoms with Gasteiger partial charge in [0.15, 0.2) is 6.39 Å². The van der Waals surface area contributed by atoms with E-state index >= 15 is 0 Å². The van der Waals surface area contributed by atoms with Crippen LogP contribution >= 0.6 is 0 Å². The molecule has 43 valence electrons. The molecule has 0 spiro atoms. The summed E-state index contributed by atoms with van der Waals surface area (Å²) >= 11 is 0. The van der Waals surface area contributed by atoms with E-state index in [1.54, 1.807) is 6.20 Å². The van der Waals surface area contributed by atoms with Gasteiger partial charge in [-0.25, -0.2) is 4.98 Å². The van der Waals surface area contributed by atoms with Crippen molar-refractivity contribution in [1.29, 1.82) is 0 Å². The van der Waals surface area contributed by atoms with Crippen molar-refractivity contribution in [3.63, 3.8) is 0 Å². The van der Waals surface area contributed by atoms with Crippen molar-refractivity contribution >= 4 is 0 Å². The van der Waals surface area contributed by atoms with Gasteiger partial charge in [0.25, 0.3) is 0 Å². The molecule has 0 atom stereocenters. The zero-order valence-corrected chi connectivity index (χ0v) is 6.06. The molecule has 0 aliphatic carbocycles. The van der Waals surface area contributed by atoms with E-state index in [4.69, 9.17) is 4.42 Å². The zero-order chi connectivity index (χ0) is 5.11. The fourth-order valence-electron chi connectivity index (χ4n) is 0.417. The van der Waals surface area contributed by atoms with Crippen molar-refractivity contribution in [3.8, 4) is 0 Å². The van der Waals surface area contributed by atoms with Crippen LogP contribution in [0, 0.1) is 0 Å². The molecule has 0 saturated carbocycles. The number of aryl methyl sites for hydroxylation is 1. The molecule has 0 amide bonds. The van der Waals surface area contributed by atoms with Gasteiger partial charge in [-0.3, -0.25) is 0 Å². The Hall–Kier alpha value is -0.206. The predicted molar refractivity (Wildman–Crippen MR) is 25.9 cm³/mol. The van der Waals surface area contributed by atoms with Gasteiger partial charge in [-0.15, -0.1) is 0 Å². The molecule has 1 radical (unpaired) electrons. The number of rotatable bonds is 1. The second-order valence-corrected chi connectivity index (χ2v) is 1.32. The molecule has 1 rings (SSSR count). The summed E-state index contributed by atoms with van der Waals surface area (Å²) in [6.45, 7) is 2.03. The minimum atomic E-state index is 0. The van der Waals surface area contributed by atoms with Gasteiger partial charge in [-0.2, -0.15) is 0 Å². The minimum Gasteiger partial charge on any atom is -0.449 e. The number of hydrogen-bond donors (Lipinski definition) is 0. The Morgan fingerprint density at radius 2 is 2.50 bits per heavy atom. The van der Waals surface area contributed by atoms with E-state index in [1.165, 1.54) is 6.39 Å². The number of oxazole rings is 1. The largest absolute Gasteiger partial charge is 0.449 e.